The molecule has 3 aliphatic rings. The lowest BCUT2D eigenvalue weighted by Gasteiger charge is -2.23. The van der Waals surface area contributed by atoms with Crippen molar-refractivity contribution in [2.75, 3.05) is 37.9 Å². The number of rotatable bonds is 10. The van der Waals surface area contributed by atoms with Crippen LogP contribution in [0.25, 0.3) is 32.0 Å². The van der Waals surface area contributed by atoms with E-state index in [1.54, 1.807) is 6.20 Å². The molecule has 0 unspecified atom stereocenters. The molecule has 49 heavy (non-hydrogen) atoms. The largest absolute Gasteiger partial charge is 0.465 e. The molecule has 0 bridgehead atoms. The number of aromatic nitrogens is 5. The second-order valence-electron chi connectivity index (χ2n) is 13.7. The number of ether oxygens (including phenoxy) is 2. The van der Waals surface area contributed by atoms with Crippen LogP contribution in [0.1, 0.15) is 74.0 Å². The number of thiophene rings is 1. The van der Waals surface area contributed by atoms with E-state index >= 15 is 0 Å². The molecular weight excluding hydrogens is 661 g/mol. The van der Waals surface area contributed by atoms with Gasteiger partial charge in [-0.05, 0) is 84.7 Å². The molecule has 13 heteroatoms. The van der Waals surface area contributed by atoms with Crippen LogP contribution in [0.3, 0.4) is 0 Å². The summed E-state index contributed by atoms with van der Waals surface area (Å²) < 4.78 is 46.1. The first-order chi connectivity index (χ1) is 23.8. The molecule has 2 aliphatic heterocycles. The van der Waals surface area contributed by atoms with Crippen LogP contribution in [0, 0.1) is 11.8 Å². The van der Waals surface area contributed by atoms with Gasteiger partial charge in [0.25, 0.3) is 5.89 Å². The number of methoxy groups -OCH3 is 1. The van der Waals surface area contributed by atoms with Crippen LogP contribution in [-0.2, 0) is 27.4 Å². The first kappa shape index (κ1) is 32.3. The van der Waals surface area contributed by atoms with Crippen LogP contribution >= 0.6 is 11.3 Å². The Kier molecular flexibility index (Phi) is 8.61. The summed E-state index contributed by atoms with van der Waals surface area (Å²) >= 11 is 1.53. The molecule has 0 amide bonds. The van der Waals surface area contributed by atoms with Gasteiger partial charge >= 0.3 is 6.01 Å². The predicted molar refractivity (Wildman–Crippen MR) is 188 cm³/mol. The van der Waals surface area contributed by atoms with Crippen molar-refractivity contribution in [1.82, 2.24) is 25.1 Å². The molecule has 256 valence electrons. The Morgan fingerprint density at radius 2 is 1.94 bits per heavy atom. The Balaban J connectivity index is 1.27. The average Bonchev–Trinajstić information content (AvgIpc) is 3.91. The average molecular weight is 701 g/mol. The van der Waals surface area contributed by atoms with Crippen LogP contribution in [-0.4, -0.2) is 66.1 Å². The van der Waals surface area contributed by atoms with Gasteiger partial charge in [-0.25, -0.2) is 13.4 Å². The molecule has 1 fully saturated rings. The van der Waals surface area contributed by atoms with Crippen LogP contribution < -0.4 is 10.1 Å². The zero-order chi connectivity index (χ0) is 33.7. The van der Waals surface area contributed by atoms with Crippen LogP contribution in [0.15, 0.2) is 46.1 Å². The SMILES string of the molecule is COc1noc(-c2c(CCC3CCOCC3)nc3c(c2-c2cc4ccnc(NC[C@H]5CCc6ncccc65)c4s2)S(=O)(=O)C[C@@H]3C(C)C)n1. The third kappa shape index (κ3) is 5.99. The molecule has 2 atom stereocenters. The predicted octanol–water partition coefficient (Wildman–Crippen LogP) is 6.84. The van der Waals surface area contributed by atoms with Gasteiger partial charge in [0.1, 0.15) is 5.82 Å². The topological polar surface area (TPSA) is 142 Å². The number of hydrogen-bond acceptors (Lipinski definition) is 12. The fraction of sp³-hybridized carbons (Fsp3) is 0.472. The number of fused-ring (bicyclic) bond motifs is 3. The third-order valence-corrected chi connectivity index (χ3v) is 13.4. The van der Waals surface area contributed by atoms with E-state index in [-0.39, 0.29) is 34.4 Å². The summed E-state index contributed by atoms with van der Waals surface area (Å²) in [6.45, 7) is 6.38. The Morgan fingerprint density at radius 3 is 2.73 bits per heavy atom. The summed E-state index contributed by atoms with van der Waals surface area (Å²) in [4.78, 5) is 20.1. The van der Waals surface area contributed by atoms with E-state index in [4.69, 9.17) is 24.0 Å². The summed E-state index contributed by atoms with van der Waals surface area (Å²) in [5, 5.41) is 8.62. The van der Waals surface area contributed by atoms with Crippen molar-refractivity contribution in [3.63, 3.8) is 0 Å². The molecule has 0 radical (unpaired) electrons. The highest BCUT2D eigenvalue weighted by atomic mass is 32.2. The molecule has 1 N–H and O–H groups in total. The number of aryl methyl sites for hydroxylation is 2. The first-order valence-corrected chi connectivity index (χ1v) is 19.6. The molecule has 11 nitrogen and oxygen atoms in total. The molecule has 5 aromatic rings. The van der Waals surface area contributed by atoms with Crippen molar-refractivity contribution in [3.8, 4) is 27.9 Å². The van der Waals surface area contributed by atoms with E-state index in [0.717, 1.165) is 78.3 Å². The van der Waals surface area contributed by atoms with Crippen molar-refractivity contribution < 1.29 is 22.4 Å². The molecular formula is C36H40N6O5S2. The van der Waals surface area contributed by atoms with Crippen LogP contribution in [0.5, 0.6) is 6.01 Å². The molecule has 0 aromatic carbocycles. The van der Waals surface area contributed by atoms with Gasteiger partial charge in [0.2, 0.25) is 0 Å². The van der Waals surface area contributed by atoms with Crippen LogP contribution in [0.2, 0.25) is 0 Å². The Bertz CT molecular complexity index is 2120. The van der Waals surface area contributed by atoms with Gasteiger partial charge in [-0.15, -0.1) is 11.3 Å². The lowest BCUT2D eigenvalue weighted by molar-refractivity contribution is 0.0639. The van der Waals surface area contributed by atoms with Crippen molar-refractivity contribution in [3.05, 3.63) is 59.3 Å². The van der Waals surface area contributed by atoms with E-state index in [2.05, 4.69) is 46.4 Å². The molecule has 0 spiro atoms. The van der Waals surface area contributed by atoms with E-state index in [0.29, 0.717) is 35.1 Å². The normalized spacial score (nSPS) is 20.2. The minimum absolute atomic E-state index is 0.0208. The first-order valence-electron chi connectivity index (χ1n) is 17.1. The molecule has 5 aromatic heterocycles. The number of nitrogens with one attached hydrogen (secondary N) is 1. The summed E-state index contributed by atoms with van der Waals surface area (Å²) in [5.41, 5.74) is 5.03. The van der Waals surface area contributed by atoms with Crippen LogP contribution in [0.4, 0.5) is 5.82 Å². The van der Waals surface area contributed by atoms with E-state index in [1.807, 2.05) is 18.3 Å². The van der Waals surface area contributed by atoms with E-state index in [1.165, 1.54) is 29.7 Å². The molecule has 1 aliphatic carbocycles. The highest BCUT2D eigenvalue weighted by Crippen LogP contribution is 2.51. The fourth-order valence-electron chi connectivity index (χ4n) is 7.67. The van der Waals surface area contributed by atoms with Gasteiger partial charge in [0.05, 0.1) is 39.4 Å². The molecule has 7 heterocycles. The highest BCUT2D eigenvalue weighted by molar-refractivity contribution is 7.92. The van der Waals surface area contributed by atoms with Gasteiger partial charge in [0.15, 0.2) is 9.84 Å². The monoisotopic (exact) mass is 700 g/mol. The molecule has 1 saturated heterocycles. The maximum Gasteiger partial charge on any atom is 0.354 e. The minimum atomic E-state index is -3.69. The Labute approximate surface area is 289 Å². The van der Waals surface area contributed by atoms with E-state index in [9.17, 15) is 8.42 Å². The van der Waals surface area contributed by atoms with Gasteiger partial charge in [-0.2, -0.15) is 4.98 Å². The molecule has 0 saturated carbocycles. The third-order valence-electron chi connectivity index (χ3n) is 10.3. The van der Waals surface area contributed by atoms with Crippen molar-refractivity contribution >= 4 is 37.1 Å². The standard InChI is InChI=1S/C36H40N6O5S2/c1-20(2)25-19-49(43,44)33-30(29(35-41-36(45-3)42-47-35)27(40-31(25)33)8-6-21-11-15-46-16-12-21)28-17-22-10-14-38-34(32(22)48-28)39-18-23-7-9-26-24(23)5-4-13-37-26/h4-5,10,13-14,17,20-21,23,25H,6-9,11-12,15-16,18-19H2,1-3H3,(H,38,39)/t23-,25-/m1/s1. The number of hydrogen-bond donors (Lipinski definition) is 1. The van der Waals surface area contributed by atoms with Gasteiger partial charge in [-0.3, -0.25) is 9.97 Å². The van der Waals surface area contributed by atoms with Gasteiger partial charge < -0.3 is 19.3 Å². The lowest BCUT2D eigenvalue weighted by atomic mass is 9.89. The van der Waals surface area contributed by atoms with Gasteiger partial charge in [-0.1, -0.05) is 19.9 Å². The van der Waals surface area contributed by atoms with E-state index < -0.39 is 9.84 Å². The lowest BCUT2D eigenvalue weighted by Crippen LogP contribution is -2.17. The quantitative estimate of drug-likeness (QED) is 0.164. The number of nitrogens with zero attached hydrogens (tertiary/aromatic N) is 5. The Morgan fingerprint density at radius 1 is 1.08 bits per heavy atom. The fourth-order valence-corrected chi connectivity index (χ4v) is 11.1. The summed E-state index contributed by atoms with van der Waals surface area (Å²) in [5.74, 6) is 1.71. The Hall–Kier alpha value is -3.94. The smallest absolute Gasteiger partial charge is 0.354 e. The molecule has 8 rings (SSSR count). The zero-order valence-electron chi connectivity index (χ0n) is 27.9. The zero-order valence-corrected chi connectivity index (χ0v) is 29.6. The van der Waals surface area contributed by atoms with Crippen molar-refractivity contribution in [1.29, 1.82) is 0 Å². The highest BCUT2D eigenvalue weighted by Gasteiger charge is 2.43. The summed E-state index contributed by atoms with van der Waals surface area (Å²) in [6, 6.07) is 8.29. The number of anilines is 1. The number of sulfone groups is 1. The maximum absolute atomic E-state index is 14.2. The summed E-state index contributed by atoms with van der Waals surface area (Å²) in [7, 11) is -2.21. The van der Waals surface area contributed by atoms with Crippen molar-refractivity contribution in [2.24, 2.45) is 11.8 Å². The second-order valence-corrected chi connectivity index (χ2v) is 16.7. The minimum Gasteiger partial charge on any atom is -0.465 e. The summed E-state index contributed by atoms with van der Waals surface area (Å²) in [6.07, 6.45) is 9.21. The van der Waals surface area contributed by atoms with Gasteiger partial charge in [0, 0.05) is 60.1 Å². The van der Waals surface area contributed by atoms with Crippen molar-refractivity contribution in [2.45, 2.75) is 69.1 Å². The number of pyridine rings is 3. The second kappa shape index (κ2) is 13.1. The maximum atomic E-state index is 14.2.